The van der Waals surface area contributed by atoms with Crippen molar-refractivity contribution in [3.05, 3.63) is 18.2 Å². The number of aromatic nitrogens is 2. The smallest absolute Gasteiger partial charge is 0.0946 e. The van der Waals surface area contributed by atoms with Gasteiger partial charge in [-0.2, -0.15) is 0 Å². The monoisotopic (exact) mass is 196 g/mol. The van der Waals surface area contributed by atoms with Gasteiger partial charge in [-0.3, -0.25) is 0 Å². The van der Waals surface area contributed by atoms with Crippen LogP contribution in [0.5, 0.6) is 0 Å². The fraction of sp³-hybridized carbons (Fsp3) is 0.700. The molecular weight excluding hydrogens is 176 g/mol. The van der Waals surface area contributed by atoms with Gasteiger partial charge in [0.15, 0.2) is 0 Å². The molecule has 0 fully saturated rings. The molecule has 1 heterocycles. The van der Waals surface area contributed by atoms with Crippen LogP contribution in [0.25, 0.3) is 0 Å². The predicted molar refractivity (Wildman–Crippen MR) is 57.8 cm³/mol. The SMILES string of the molecule is CC(C)CNC(CN)c1cncn1C. The number of hydrogen-bond donors (Lipinski definition) is 2. The van der Waals surface area contributed by atoms with Crippen LogP contribution in [0.3, 0.4) is 0 Å². The topological polar surface area (TPSA) is 55.9 Å². The Morgan fingerprint density at radius 3 is 2.71 bits per heavy atom. The first-order chi connectivity index (χ1) is 6.65. The number of hydrogen-bond acceptors (Lipinski definition) is 3. The fourth-order valence-corrected chi connectivity index (χ4v) is 1.39. The molecule has 4 heteroatoms. The third-order valence-electron chi connectivity index (χ3n) is 2.22. The maximum Gasteiger partial charge on any atom is 0.0946 e. The summed E-state index contributed by atoms with van der Waals surface area (Å²) in [4.78, 5) is 4.09. The summed E-state index contributed by atoms with van der Waals surface area (Å²) in [6.45, 7) is 5.95. The van der Waals surface area contributed by atoms with E-state index in [9.17, 15) is 0 Å². The van der Waals surface area contributed by atoms with Crippen molar-refractivity contribution in [1.29, 1.82) is 0 Å². The van der Waals surface area contributed by atoms with Crippen molar-refractivity contribution in [1.82, 2.24) is 14.9 Å². The third kappa shape index (κ3) is 2.82. The lowest BCUT2D eigenvalue weighted by Crippen LogP contribution is -2.32. The van der Waals surface area contributed by atoms with Crippen molar-refractivity contribution >= 4 is 0 Å². The number of imidazole rings is 1. The standard InChI is InChI=1S/C10H20N4/c1-8(2)5-13-9(4-11)10-6-12-7-14(10)3/h6-9,13H,4-5,11H2,1-3H3. The van der Waals surface area contributed by atoms with E-state index in [1.54, 1.807) is 6.33 Å². The van der Waals surface area contributed by atoms with Crippen molar-refractivity contribution in [3.63, 3.8) is 0 Å². The van der Waals surface area contributed by atoms with E-state index in [1.165, 1.54) is 0 Å². The Kier molecular flexibility index (Phi) is 4.10. The van der Waals surface area contributed by atoms with Crippen LogP contribution in [0.2, 0.25) is 0 Å². The predicted octanol–water partition coefficient (Wildman–Crippen LogP) is 0.665. The fourth-order valence-electron chi connectivity index (χ4n) is 1.39. The molecule has 1 atom stereocenters. The van der Waals surface area contributed by atoms with Gasteiger partial charge in [0.25, 0.3) is 0 Å². The van der Waals surface area contributed by atoms with E-state index in [0.29, 0.717) is 12.5 Å². The number of rotatable bonds is 5. The maximum absolute atomic E-state index is 5.72. The Labute approximate surface area is 85.5 Å². The summed E-state index contributed by atoms with van der Waals surface area (Å²) >= 11 is 0. The summed E-state index contributed by atoms with van der Waals surface area (Å²) in [7, 11) is 1.99. The third-order valence-corrected chi connectivity index (χ3v) is 2.22. The number of aryl methyl sites for hydroxylation is 1. The summed E-state index contributed by atoms with van der Waals surface area (Å²) in [6.07, 6.45) is 3.67. The molecule has 1 aromatic heterocycles. The zero-order valence-electron chi connectivity index (χ0n) is 9.20. The van der Waals surface area contributed by atoms with Gasteiger partial charge in [-0.25, -0.2) is 4.98 Å². The molecule has 0 radical (unpaired) electrons. The van der Waals surface area contributed by atoms with E-state index in [4.69, 9.17) is 5.73 Å². The first-order valence-electron chi connectivity index (χ1n) is 5.04. The highest BCUT2D eigenvalue weighted by atomic mass is 15.1. The van der Waals surface area contributed by atoms with E-state index >= 15 is 0 Å². The van der Waals surface area contributed by atoms with Gasteiger partial charge in [-0.15, -0.1) is 0 Å². The highest BCUT2D eigenvalue weighted by Gasteiger charge is 2.12. The Balaban J connectivity index is 2.58. The van der Waals surface area contributed by atoms with E-state index < -0.39 is 0 Å². The van der Waals surface area contributed by atoms with Crippen molar-refractivity contribution < 1.29 is 0 Å². The summed E-state index contributed by atoms with van der Waals surface area (Å²) in [5, 5.41) is 3.43. The van der Waals surface area contributed by atoms with Crippen LogP contribution in [0.4, 0.5) is 0 Å². The lowest BCUT2D eigenvalue weighted by atomic mass is 10.1. The molecule has 1 aromatic rings. The van der Waals surface area contributed by atoms with E-state index in [-0.39, 0.29) is 6.04 Å². The molecule has 0 saturated carbocycles. The molecule has 0 amide bonds. The van der Waals surface area contributed by atoms with Crippen molar-refractivity contribution in [3.8, 4) is 0 Å². The Morgan fingerprint density at radius 2 is 2.29 bits per heavy atom. The van der Waals surface area contributed by atoms with E-state index in [1.807, 2.05) is 17.8 Å². The molecule has 0 bridgehead atoms. The van der Waals surface area contributed by atoms with Crippen LogP contribution < -0.4 is 11.1 Å². The highest BCUT2D eigenvalue weighted by Crippen LogP contribution is 2.09. The Hall–Kier alpha value is -0.870. The molecule has 0 spiro atoms. The molecule has 4 nitrogen and oxygen atoms in total. The van der Waals surface area contributed by atoms with Gasteiger partial charge >= 0.3 is 0 Å². The van der Waals surface area contributed by atoms with Gasteiger partial charge in [0, 0.05) is 19.8 Å². The minimum Gasteiger partial charge on any atom is -0.336 e. The Morgan fingerprint density at radius 1 is 1.57 bits per heavy atom. The van der Waals surface area contributed by atoms with Gasteiger partial charge in [0.05, 0.1) is 18.1 Å². The van der Waals surface area contributed by atoms with Gasteiger partial charge in [-0.1, -0.05) is 13.8 Å². The van der Waals surface area contributed by atoms with Gasteiger partial charge in [-0.05, 0) is 12.5 Å². The van der Waals surface area contributed by atoms with E-state index in [2.05, 4.69) is 24.1 Å². The highest BCUT2D eigenvalue weighted by molar-refractivity contribution is 5.05. The van der Waals surface area contributed by atoms with Crippen LogP contribution >= 0.6 is 0 Å². The molecule has 1 rings (SSSR count). The van der Waals surface area contributed by atoms with Gasteiger partial charge in [0.1, 0.15) is 0 Å². The van der Waals surface area contributed by atoms with Crippen LogP contribution in [0, 0.1) is 5.92 Å². The average Bonchev–Trinajstić information content (AvgIpc) is 2.53. The van der Waals surface area contributed by atoms with E-state index in [0.717, 1.165) is 12.2 Å². The Bertz CT molecular complexity index is 267. The van der Waals surface area contributed by atoms with Crippen molar-refractivity contribution in [2.75, 3.05) is 13.1 Å². The molecule has 0 aliphatic carbocycles. The van der Waals surface area contributed by atoms with Crippen LogP contribution in [-0.4, -0.2) is 22.6 Å². The van der Waals surface area contributed by atoms with Crippen LogP contribution in [0.1, 0.15) is 25.6 Å². The average molecular weight is 196 g/mol. The lowest BCUT2D eigenvalue weighted by molar-refractivity contribution is 0.464. The van der Waals surface area contributed by atoms with Crippen LogP contribution in [-0.2, 0) is 7.05 Å². The van der Waals surface area contributed by atoms with Crippen LogP contribution in [0.15, 0.2) is 12.5 Å². The van der Waals surface area contributed by atoms with Crippen molar-refractivity contribution in [2.24, 2.45) is 18.7 Å². The summed E-state index contributed by atoms with van der Waals surface area (Å²) in [6, 6.07) is 0.213. The largest absolute Gasteiger partial charge is 0.336 e. The summed E-state index contributed by atoms with van der Waals surface area (Å²) in [5.41, 5.74) is 6.86. The zero-order valence-corrected chi connectivity index (χ0v) is 9.20. The summed E-state index contributed by atoms with van der Waals surface area (Å²) < 4.78 is 2.00. The molecule has 0 aliphatic rings. The second-order valence-electron chi connectivity index (χ2n) is 4.02. The first-order valence-corrected chi connectivity index (χ1v) is 5.04. The minimum absolute atomic E-state index is 0.213. The number of nitrogens with one attached hydrogen (secondary N) is 1. The molecule has 3 N–H and O–H groups in total. The second kappa shape index (κ2) is 5.12. The van der Waals surface area contributed by atoms with Gasteiger partial charge < -0.3 is 15.6 Å². The molecule has 14 heavy (non-hydrogen) atoms. The molecule has 0 saturated heterocycles. The summed E-state index contributed by atoms with van der Waals surface area (Å²) in [5.74, 6) is 0.636. The minimum atomic E-state index is 0.213. The quantitative estimate of drug-likeness (QED) is 0.727. The zero-order chi connectivity index (χ0) is 10.6. The van der Waals surface area contributed by atoms with Gasteiger partial charge in [0.2, 0.25) is 0 Å². The number of nitrogens with two attached hydrogens (primary N) is 1. The maximum atomic E-state index is 5.72. The second-order valence-corrected chi connectivity index (χ2v) is 4.02. The lowest BCUT2D eigenvalue weighted by Gasteiger charge is -2.18. The van der Waals surface area contributed by atoms with Crippen molar-refractivity contribution in [2.45, 2.75) is 19.9 Å². The normalized spacial score (nSPS) is 13.5. The molecule has 0 aromatic carbocycles. The first kappa shape index (κ1) is 11.2. The molecule has 1 unspecified atom stereocenters. The molecule has 80 valence electrons. The molecule has 0 aliphatic heterocycles. The molecular formula is C10H20N4. The number of nitrogens with zero attached hydrogens (tertiary/aromatic N) is 2.